The van der Waals surface area contributed by atoms with E-state index in [1.54, 1.807) is 9.80 Å². The van der Waals surface area contributed by atoms with Gasteiger partial charge in [-0.3, -0.25) is 4.79 Å². The fourth-order valence-corrected chi connectivity index (χ4v) is 3.30. The smallest absolute Gasteiger partial charge is 0.378 e. The summed E-state index contributed by atoms with van der Waals surface area (Å²) in [6.07, 6.45) is -3.07. The van der Waals surface area contributed by atoms with Gasteiger partial charge in [0.15, 0.2) is 0 Å². The Hall–Kier alpha value is -1.54. The van der Waals surface area contributed by atoms with Crippen LogP contribution in [0.25, 0.3) is 0 Å². The van der Waals surface area contributed by atoms with E-state index in [0.29, 0.717) is 51.6 Å². The summed E-state index contributed by atoms with van der Waals surface area (Å²) in [6, 6.07) is 0.876. The number of carbonyl (C=O) groups is 1. The lowest BCUT2D eigenvalue weighted by Crippen LogP contribution is -2.44. The second-order valence-electron chi connectivity index (χ2n) is 5.90. The molecule has 3 heterocycles. The zero-order valence-corrected chi connectivity index (χ0v) is 13.6. The summed E-state index contributed by atoms with van der Waals surface area (Å²) in [6.45, 7) is 3.18. The summed E-state index contributed by atoms with van der Waals surface area (Å²) in [5.74, 6) is 0.161. The molecule has 5 nitrogen and oxygen atoms in total. The molecule has 0 radical (unpaired) electrons. The topological polar surface area (TPSA) is 45.7 Å². The highest BCUT2D eigenvalue weighted by molar-refractivity contribution is 6.33. The number of carbonyl (C=O) groups excluding carboxylic acids is 1. The first kappa shape index (κ1) is 17.3. The van der Waals surface area contributed by atoms with Gasteiger partial charge in [0.25, 0.3) is 0 Å². The lowest BCUT2D eigenvalue weighted by Gasteiger charge is -2.29. The normalized spacial score (nSPS) is 22.1. The van der Waals surface area contributed by atoms with E-state index >= 15 is 0 Å². The van der Waals surface area contributed by atoms with Crippen LogP contribution in [0.1, 0.15) is 12.0 Å². The third kappa shape index (κ3) is 3.59. The maximum atomic E-state index is 12.7. The molecule has 2 fully saturated rings. The number of morpholine rings is 1. The van der Waals surface area contributed by atoms with Crippen LogP contribution in [-0.4, -0.2) is 55.2 Å². The molecule has 2 aliphatic heterocycles. The van der Waals surface area contributed by atoms with Crippen molar-refractivity contribution in [2.45, 2.75) is 12.6 Å². The van der Waals surface area contributed by atoms with E-state index < -0.39 is 11.7 Å². The molecule has 1 atom stereocenters. The van der Waals surface area contributed by atoms with Crippen molar-refractivity contribution in [1.82, 2.24) is 9.88 Å². The number of halogens is 4. The lowest BCUT2D eigenvalue weighted by molar-refractivity contribution is -0.139. The first-order chi connectivity index (χ1) is 11.4. The molecule has 1 aromatic rings. The monoisotopic (exact) mass is 363 g/mol. The fraction of sp³-hybridized carbons (Fsp3) is 0.600. The third-order valence-corrected chi connectivity index (χ3v) is 4.59. The first-order valence-electron chi connectivity index (χ1n) is 7.70. The van der Waals surface area contributed by atoms with Crippen molar-refractivity contribution < 1.29 is 22.7 Å². The molecule has 0 bridgehead atoms. The Kier molecular flexibility index (Phi) is 4.87. The Labute approximate surface area is 142 Å². The lowest BCUT2D eigenvalue weighted by atomic mass is 10.1. The maximum absolute atomic E-state index is 12.7. The van der Waals surface area contributed by atoms with Crippen molar-refractivity contribution in [1.29, 1.82) is 0 Å². The van der Waals surface area contributed by atoms with Crippen molar-refractivity contribution in [3.8, 4) is 0 Å². The molecule has 9 heteroatoms. The average Bonchev–Trinajstić information content (AvgIpc) is 3.03. The molecule has 24 heavy (non-hydrogen) atoms. The van der Waals surface area contributed by atoms with Crippen LogP contribution < -0.4 is 4.90 Å². The third-order valence-electron chi connectivity index (χ3n) is 4.31. The van der Waals surface area contributed by atoms with Gasteiger partial charge in [-0.25, -0.2) is 4.98 Å². The molecular weight excluding hydrogens is 347 g/mol. The molecule has 0 aromatic carbocycles. The van der Waals surface area contributed by atoms with Crippen molar-refractivity contribution >= 4 is 23.3 Å². The van der Waals surface area contributed by atoms with Gasteiger partial charge in [0.1, 0.15) is 5.82 Å². The minimum atomic E-state index is -4.48. The van der Waals surface area contributed by atoms with Crippen LogP contribution in [0.5, 0.6) is 0 Å². The molecule has 132 valence electrons. The molecular formula is C15H17ClF3N3O2. The van der Waals surface area contributed by atoms with Gasteiger partial charge < -0.3 is 14.5 Å². The Morgan fingerprint density at radius 1 is 1.29 bits per heavy atom. The minimum absolute atomic E-state index is 0.0516. The molecule has 1 aromatic heterocycles. The van der Waals surface area contributed by atoms with Gasteiger partial charge in [0.2, 0.25) is 5.91 Å². The van der Waals surface area contributed by atoms with Crippen molar-refractivity contribution in [2.24, 2.45) is 5.92 Å². The summed E-state index contributed by atoms with van der Waals surface area (Å²) < 4.78 is 43.3. The summed E-state index contributed by atoms with van der Waals surface area (Å²) in [5, 5.41) is -0.0516. The first-order valence-corrected chi connectivity index (χ1v) is 8.08. The quantitative estimate of drug-likeness (QED) is 0.809. The highest BCUT2D eigenvalue weighted by atomic mass is 35.5. The number of rotatable bonds is 2. The number of alkyl halides is 3. The van der Waals surface area contributed by atoms with Crippen LogP contribution in [0.15, 0.2) is 12.3 Å². The Morgan fingerprint density at radius 3 is 2.62 bits per heavy atom. The Bertz CT molecular complexity index is 620. The predicted octanol–water partition coefficient (Wildman–Crippen LogP) is 2.44. The second-order valence-corrected chi connectivity index (χ2v) is 6.30. The molecule has 0 aliphatic carbocycles. The van der Waals surface area contributed by atoms with E-state index in [9.17, 15) is 18.0 Å². The molecule has 2 saturated heterocycles. The average molecular weight is 364 g/mol. The number of aromatic nitrogens is 1. The van der Waals surface area contributed by atoms with Gasteiger partial charge in [0.05, 0.1) is 29.7 Å². The van der Waals surface area contributed by atoms with Crippen LogP contribution in [0.3, 0.4) is 0 Å². The predicted molar refractivity (Wildman–Crippen MR) is 82.0 cm³/mol. The minimum Gasteiger partial charge on any atom is -0.378 e. The van der Waals surface area contributed by atoms with E-state index in [-0.39, 0.29) is 16.8 Å². The van der Waals surface area contributed by atoms with Gasteiger partial charge in [-0.15, -0.1) is 0 Å². The van der Waals surface area contributed by atoms with Gasteiger partial charge in [-0.1, -0.05) is 11.6 Å². The number of nitrogens with zero attached hydrogens (tertiary/aromatic N) is 3. The fourth-order valence-electron chi connectivity index (χ4n) is 3.01. The van der Waals surface area contributed by atoms with Gasteiger partial charge in [0, 0.05) is 32.4 Å². The number of pyridine rings is 1. The molecule has 1 unspecified atom stereocenters. The van der Waals surface area contributed by atoms with E-state index in [2.05, 4.69) is 4.98 Å². The zero-order chi connectivity index (χ0) is 17.3. The molecule has 1 amide bonds. The number of anilines is 1. The van der Waals surface area contributed by atoms with Gasteiger partial charge >= 0.3 is 6.18 Å². The second kappa shape index (κ2) is 6.76. The SMILES string of the molecule is O=C(C1CCN(c2ncc(C(F)(F)F)cc2Cl)C1)N1CCOCC1. The molecule has 2 aliphatic rings. The number of amides is 1. The highest BCUT2D eigenvalue weighted by Gasteiger charge is 2.35. The van der Waals surface area contributed by atoms with Crippen LogP contribution in [0, 0.1) is 5.92 Å². The number of hydrogen-bond donors (Lipinski definition) is 0. The standard InChI is InChI=1S/C15H17ClF3N3O2/c16-12-7-11(15(17,18)19)8-20-13(12)22-2-1-10(9-22)14(23)21-3-5-24-6-4-21/h7-8,10H,1-6,9H2. The largest absolute Gasteiger partial charge is 0.417 e. The van der Waals surface area contributed by atoms with Gasteiger partial charge in [-0.2, -0.15) is 13.2 Å². The summed E-state index contributed by atoms with van der Waals surface area (Å²) >= 11 is 5.98. The van der Waals surface area contributed by atoms with Crippen molar-refractivity contribution in [3.05, 3.63) is 22.8 Å². The molecule has 0 spiro atoms. The van der Waals surface area contributed by atoms with Gasteiger partial charge in [-0.05, 0) is 12.5 Å². The van der Waals surface area contributed by atoms with Crippen LogP contribution in [-0.2, 0) is 15.7 Å². The van der Waals surface area contributed by atoms with E-state index in [4.69, 9.17) is 16.3 Å². The van der Waals surface area contributed by atoms with E-state index in [1.807, 2.05) is 0 Å². The van der Waals surface area contributed by atoms with E-state index in [1.165, 1.54) is 0 Å². The zero-order valence-electron chi connectivity index (χ0n) is 12.9. The van der Waals surface area contributed by atoms with Crippen molar-refractivity contribution in [3.63, 3.8) is 0 Å². The molecule has 0 saturated carbocycles. The number of hydrogen-bond acceptors (Lipinski definition) is 4. The van der Waals surface area contributed by atoms with Crippen LogP contribution in [0.4, 0.5) is 19.0 Å². The van der Waals surface area contributed by atoms with Crippen LogP contribution >= 0.6 is 11.6 Å². The Morgan fingerprint density at radius 2 is 2.00 bits per heavy atom. The summed E-state index contributed by atoms with van der Waals surface area (Å²) in [4.78, 5) is 19.9. The van der Waals surface area contributed by atoms with Crippen molar-refractivity contribution in [2.75, 3.05) is 44.3 Å². The van der Waals surface area contributed by atoms with E-state index in [0.717, 1.165) is 12.3 Å². The molecule has 3 rings (SSSR count). The highest BCUT2D eigenvalue weighted by Crippen LogP contribution is 2.35. The van der Waals surface area contributed by atoms with Crippen LogP contribution in [0.2, 0.25) is 5.02 Å². The Balaban J connectivity index is 1.68. The summed E-state index contributed by atoms with van der Waals surface area (Å²) in [5.41, 5.74) is -0.878. The number of ether oxygens (including phenoxy) is 1. The molecule has 0 N–H and O–H groups in total. The maximum Gasteiger partial charge on any atom is 0.417 e. The summed E-state index contributed by atoms with van der Waals surface area (Å²) in [7, 11) is 0.